The molecule has 2 unspecified atom stereocenters. The number of aryl methyl sites for hydroxylation is 1. The number of hydrogen-bond acceptors (Lipinski definition) is 2. The molecule has 2 rings (SSSR count). The molecule has 1 aromatic heterocycles. The molecule has 2 atom stereocenters. The summed E-state index contributed by atoms with van der Waals surface area (Å²) in [5.41, 5.74) is 1.53. The first-order valence-electron chi connectivity index (χ1n) is 5.53. The lowest BCUT2D eigenvalue weighted by Gasteiger charge is -2.34. The van der Waals surface area contributed by atoms with E-state index in [1.54, 1.807) is 6.20 Å². The minimum absolute atomic E-state index is 0.0857. The van der Waals surface area contributed by atoms with Crippen molar-refractivity contribution in [1.29, 1.82) is 0 Å². The molecule has 1 N–H and O–H groups in total. The molecule has 1 saturated heterocycles. The van der Waals surface area contributed by atoms with Crippen molar-refractivity contribution in [3.63, 3.8) is 0 Å². The molecule has 1 aliphatic heterocycles. The zero-order valence-corrected chi connectivity index (χ0v) is 11.1. The van der Waals surface area contributed by atoms with Gasteiger partial charge in [-0.1, -0.05) is 22.9 Å². The minimum atomic E-state index is 0.0857. The van der Waals surface area contributed by atoms with Crippen LogP contribution >= 0.6 is 15.9 Å². The van der Waals surface area contributed by atoms with E-state index in [0.717, 1.165) is 25.2 Å². The quantitative estimate of drug-likeness (QED) is 0.802. The Kier molecular flexibility index (Phi) is 3.33. The second-order valence-corrected chi connectivity index (χ2v) is 5.62. The molecule has 0 spiro atoms. The number of piperidine rings is 1. The second kappa shape index (κ2) is 4.57. The van der Waals surface area contributed by atoms with Gasteiger partial charge in [0.05, 0.1) is 11.8 Å². The fraction of sp³-hybridized carbons (Fsp3) is 0.636. The predicted molar refractivity (Wildman–Crippen MR) is 65.7 cm³/mol. The Balaban J connectivity index is 2.09. The molecule has 16 heavy (non-hydrogen) atoms. The third-order valence-corrected chi connectivity index (χ3v) is 4.41. The average Bonchev–Trinajstić information content (AvgIpc) is 2.67. The Hall–Kier alpha value is -0.840. The van der Waals surface area contributed by atoms with Crippen LogP contribution < -0.4 is 0 Å². The van der Waals surface area contributed by atoms with E-state index in [1.807, 2.05) is 11.8 Å². The van der Waals surface area contributed by atoms with Crippen LogP contribution in [-0.4, -0.2) is 38.9 Å². The summed E-state index contributed by atoms with van der Waals surface area (Å²) in [5.74, 6) is 0.720. The van der Waals surface area contributed by atoms with Crippen LogP contribution in [0.25, 0.3) is 0 Å². The van der Waals surface area contributed by atoms with Crippen LogP contribution in [0.2, 0.25) is 0 Å². The number of likely N-dealkylation sites (tertiary alicyclic amines) is 1. The Labute approximate surface area is 104 Å². The summed E-state index contributed by atoms with van der Waals surface area (Å²) in [7, 11) is 0. The molecular weight excluding hydrogens is 270 g/mol. The zero-order valence-electron chi connectivity index (χ0n) is 9.53. The van der Waals surface area contributed by atoms with Crippen LogP contribution in [0.4, 0.5) is 0 Å². The first-order valence-corrected chi connectivity index (χ1v) is 6.44. The summed E-state index contributed by atoms with van der Waals surface area (Å²) in [6, 6.07) is 0. The van der Waals surface area contributed by atoms with E-state index in [1.165, 1.54) is 0 Å². The summed E-state index contributed by atoms with van der Waals surface area (Å²) in [6.45, 7) is 5.71. The third-order valence-electron chi connectivity index (χ3n) is 3.21. The van der Waals surface area contributed by atoms with Gasteiger partial charge in [-0.3, -0.25) is 9.89 Å². The summed E-state index contributed by atoms with van der Waals surface area (Å²) in [6.07, 6.45) is 2.66. The minimum Gasteiger partial charge on any atom is -0.337 e. The number of rotatable bonds is 1. The molecule has 0 aliphatic carbocycles. The molecule has 0 aromatic carbocycles. The van der Waals surface area contributed by atoms with Gasteiger partial charge in [-0.25, -0.2) is 0 Å². The van der Waals surface area contributed by atoms with Crippen LogP contribution in [0.15, 0.2) is 6.20 Å². The molecule has 1 fully saturated rings. The summed E-state index contributed by atoms with van der Waals surface area (Å²) in [4.78, 5) is 14.5. The van der Waals surface area contributed by atoms with Crippen molar-refractivity contribution in [2.45, 2.75) is 25.1 Å². The van der Waals surface area contributed by atoms with E-state index >= 15 is 0 Å². The van der Waals surface area contributed by atoms with Crippen LogP contribution in [-0.2, 0) is 0 Å². The van der Waals surface area contributed by atoms with Gasteiger partial charge in [-0.2, -0.15) is 5.10 Å². The highest BCUT2D eigenvalue weighted by atomic mass is 79.9. The smallest absolute Gasteiger partial charge is 0.257 e. The predicted octanol–water partition coefficient (Wildman–Crippen LogP) is 1.96. The van der Waals surface area contributed by atoms with Crippen molar-refractivity contribution in [3.05, 3.63) is 17.5 Å². The number of amides is 1. The number of aromatic nitrogens is 2. The van der Waals surface area contributed by atoms with Crippen molar-refractivity contribution in [2.75, 3.05) is 13.1 Å². The maximum absolute atomic E-state index is 12.2. The lowest BCUT2D eigenvalue weighted by atomic mass is 9.98. The Morgan fingerprint density at radius 1 is 1.69 bits per heavy atom. The highest BCUT2D eigenvalue weighted by molar-refractivity contribution is 9.09. The standard InChI is InChI=1S/C11H16BrN3O/c1-7-3-4-15(6-10(7)12)11(16)9-5-13-14-8(9)2/h5,7,10H,3-4,6H2,1-2H3,(H,13,14). The van der Waals surface area contributed by atoms with Crippen LogP contribution in [0, 0.1) is 12.8 Å². The Bertz CT molecular complexity index is 390. The molecule has 2 heterocycles. The summed E-state index contributed by atoms with van der Waals surface area (Å²) >= 11 is 3.63. The third kappa shape index (κ3) is 2.14. The fourth-order valence-corrected chi connectivity index (χ4v) is 2.56. The first kappa shape index (κ1) is 11.6. The van der Waals surface area contributed by atoms with Gasteiger partial charge in [0.25, 0.3) is 5.91 Å². The monoisotopic (exact) mass is 285 g/mol. The number of hydrogen-bond donors (Lipinski definition) is 1. The number of carbonyl (C=O) groups excluding carboxylic acids is 1. The first-order chi connectivity index (χ1) is 7.59. The van der Waals surface area contributed by atoms with Crippen molar-refractivity contribution in [2.24, 2.45) is 5.92 Å². The van der Waals surface area contributed by atoms with Gasteiger partial charge in [0, 0.05) is 23.6 Å². The Morgan fingerprint density at radius 2 is 2.44 bits per heavy atom. The normalized spacial score (nSPS) is 25.8. The van der Waals surface area contributed by atoms with Crippen molar-refractivity contribution >= 4 is 21.8 Å². The second-order valence-electron chi connectivity index (χ2n) is 4.44. The molecule has 1 aliphatic rings. The number of carbonyl (C=O) groups is 1. The lowest BCUT2D eigenvalue weighted by Crippen LogP contribution is -2.43. The molecule has 5 heteroatoms. The Morgan fingerprint density at radius 3 is 3.00 bits per heavy atom. The van der Waals surface area contributed by atoms with E-state index in [2.05, 4.69) is 33.1 Å². The van der Waals surface area contributed by atoms with E-state index in [0.29, 0.717) is 16.3 Å². The molecule has 1 aromatic rings. The van der Waals surface area contributed by atoms with Crippen LogP contribution in [0.3, 0.4) is 0 Å². The van der Waals surface area contributed by atoms with Gasteiger partial charge in [0.15, 0.2) is 0 Å². The lowest BCUT2D eigenvalue weighted by molar-refractivity contribution is 0.0705. The van der Waals surface area contributed by atoms with Gasteiger partial charge in [0.1, 0.15) is 0 Å². The average molecular weight is 286 g/mol. The van der Waals surface area contributed by atoms with E-state index < -0.39 is 0 Å². The fourth-order valence-electron chi connectivity index (χ4n) is 1.94. The number of aromatic amines is 1. The molecule has 1 amide bonds. The van der Waals surface area contributed by atoms with E-state index in [-0.39, 0.29) is 5.91 Å². The largest absolute Gasteiger partial charge is 0.337 e. The molecule has 4 nitrogen and oxygen atoms in total. The summed E-state index contributed by atoms with van der Waals surface area (Å²) in [5, 5.41) is 6.69. The maximum Gasteiger partial charge on any atom is 0.257 e. The molecular formula is C11H16BrN3O. The summed E-state index contributed by atoms with van der Waals surface area (Å²) < 4.78 is 0. The molecule has 88 valence electrons. The highest BCUT2D eigenvalue weighted by Gasteiger charge is 2.28. The van der Waals surface area contributed by atoms with Crippen LogP contribution in [0.5, 0.6) is 0 Å². The van der Waals surface area contributed by atoms with Gasteiger partial charge in [-0.15, -0.1) is 0 Å². The van der Waals surface area contributed by atoms with Crippen molar-refractivity contribution < 1.29 is 4.79 Å². The van der Waals surface area contributed by atoms with Gasteiger partial charge in [-0.05, 0) is 19.3 Å². The molecule has 0 bridgehead atoms. The number of alkyl halides is 1. The number of nitrogens with one attached hydrogen (secondary N) is 1. The van der Waals surface area contributed by atoms with Gasteiger partial charge in [0.2, 0.25) is 0 Å². The van der Waals surface area contributed by atoms with Gasteiger partial charge < -0.3 is 4.90 Å². The topological polar surface area (TPSA) is 49.0 Å². The number of nitrogens with zero attached hydrogens (tertiary/aromatic N) is 2. The van der Waals surface area contributed by atoms with Gasteiger partial charge >= 0.3 is 0 Å². The SMILES string of the molecule is Cc1[nH]ncc1C(=O)N1CCC(C)C(Br)C1. The van der Waals surface area contributed by atoms with Crippen molar-refractivity contribution in [3.8, 4) is 0 Å². The number of halogens is 1. The van der Waals surface area contributed by atoms with E-state index in [9.17, 15) is 4.79 Å². The zero-order chi connectivity index (χ0) is 11.7. The molecule has 0 radical (unpaired) electrons. The molecule has 0 saturated carbocycles. The van der Waals surface area contributed by atoms with Crippen LogP contribution in [0.1, 0.15) is 29.4 Å². The van der Waals surface area contributed by atoms with Crippen molar-refractivity contribution in [1.82, 2.24) is 15.1 Å². The number of H-pyrrole nitrogens is 1. The highest BCUT2D eigenvalue weighted by Crippen LogP contribution is 2.24. The van der Waals surface area contributed by atoms with E-state index in [4.69, 9.17) is 0 Å². The maximum atomic E-state index is 12.2.